The predicted octanol–water partition coefficient (Wildman–Crippen LogP) is 4.28. The number of thiazole rings is 1. The molecule has 1 saturated heterocycles. The summed E-state index contributed by atoms with van der Waals surface area (Å²) < 4.78 is 0. The number of amides is 1. The fourth-order valence-corrected chi connectivity index (χ4v) is 3.69. The number of rotatable bonds is 4. The minimum absolute atomic E-state index is 0.158. The van der Waals surface area contributed by atoms with Gasteiger partial charge in [-0.15, -0.1) is 11.3 Å². The van der Waals surface area contributed by atoms with E-state index in [-0.39, 0.29) is 5.91 Å². The van der Waals surface area contributed by atoms with E-state index in [4.69, 9.17) is 11.6 Å². The van der Waals surface area contributed by atoms with Crippen molar-refractivity contribution in [3.05, 3.63) is 45.9 Å². The Morgan fingerprint density at radius 1 is 1.43 bits per heavy atom. The van der Waals surface area contributed by atoms with Gasteiger partial charge in [0.15, 0.2) is 5.13 Å². The van der Waals surface area contributed by atoms with Crippen LogP contribution < -0.4 is 5.32 Å². The van der Waals surface area contributed by atoms with Gasteiger partial charge < -0.3 is 0 Å². The maximum atomic E-state index is 12.2. The molecular formula is C17H20ClN3OS. The van der Waals surface area contributed by atoms with E-state index < -0.39 is 0 Å². The van der Waals surface area contributed by atoms with Crippen LogP contribution in [0, 0.1) is 5.92 Å². The van der Waals surface area contributed by atoms with Crippen molar-refractivity contribution in [2.45, 2.75) is 26.3 Å². The van der Waals surface area contributed by atoms with Crippen LogP contribution in [0.4, 0.5) is 5.13 Å². The molecule has 1 fully saturated rings. The molecule has 3 rings (SSSR count). The van der Waals surface area contributed by atoms with E-state index in [0.717, 1.165) is 31.2 Å². The summed E-state index contributed by atoms with van der Waals surface area (Å²) in [6.07, 6.45) is 2.57. The van der Waals surface area contributed by atoms with Crippen LogP contribution in [0.5, 0.6) is 0 Å². The van der Waals surface area contributed by atoms with Gasteiger partial charge in [-0.2, -0.15) is 0 Å². The Labute approximate surface area is 145 Å². The summed E-state index contributed by atoms with van der Waals surface area (Å²) in [4.78, 5) is 19.1. The van der Waals surface area contributed by atoms with Crippen molar-refractivity contribution in [1.29, 1.82) is 0 Å². The summed E-state index contributed by atoms with van der Waals surface area (Å²) in [7, 11) is 0. The minimum Gasteiger partial charge on any atom is -0.298 e. The predicted molar refractivity (Wildman–Crippen MR) is 95.2 cm³/mol. The molecule has 1 aromatic heterocycles. The Balaban J connectivity index is 1.58. The quantitative estimate of drug-likeness (QED) is 0.896. The molecule has 0 saturated carbocycles. The molecule has 1 aliphatic rings. The molecule has 0 unspecified atom stereocenters. The van der Waals surface area contributed by atoms with Crippen LogP contribution in [0.3, 0.4) is 0 Å². The van der Waals surface area contributed by atoms with E-state index in [2.05, 4.69) is 22.1 Å². The average molecular weight is 350 g/mol. The molecular weight excluding hydrogens is 330 g/mol. The number of nitrogens with one attached hydrogen (secondary N) is 1. The Kier molecular flexibility index (Phi) is 5.30. The molecule has 122 valence electrons. The van der Waals surface area contributed by atoms with Gasteiger partial charge in [0.1, 0.15) is 0 Å². The van der Waals surface area contributed by atoms with Crippen LogP contribution >= 0.6 is 22.9 Å². The van der Waals surface area contributed by atoms with Crippen molar-refractivity contribution in [3.8, 4) is 0 Å². The molecule has 23 heavy (non-hydrogen) atoms. The van der Waals surface area contributed by atoms with Gasteiger partial charge in [-0.1, -0.05) is 18.5 Å². The van der Waals surface area contributed by atoms with Crippen molar-refractivity contribution < 1.29 is 4.79 Å². The second-order valence-corrected chi connectivity index (χ2v) is 7.38. The second kappa shape index (κ2) is 7.43. The third-order valence-electron chi connectivity index (χ3n) is 4.01. The van der Waals surface area contributed by atoms with Gasteiger partial charge in [-0.05, 0) is 49.6 Å². The van der Waals surface area contributed by atoms with E-state index in [9.17, 15) is 4.79 Å². The van der Waals surface area contributed by atoms with Crippen LogP contribution in [0.15, 0.2) is 29.6 Å². The summed E-state index contributed by atoms with van der Waals surface area (Å²) in [5.41, 5.74) is 1.60. The fourth-order valence-electron chi connectivity index (χ4n) is 2.87. The lowest BCUT2D eigenvalue weighted by molar-refractivity contribution is 0.102. The molecule has 2 heterocycles. The second-order valence-electron chi connectivity index (χ2n) is 6.09. The molecule has 1 aliphatic heterocycles. The van der Waals surface area contributed by atoms with Gasteiger partial charge in [0.05, 0.1) is 5.69 Å². The van der Waals surface area contributed by atoms with Crippen molar-refractivity contribution in [2.75, 3.05) is 18.4 Å². The van der Waals surface area contributed by atoms with Gasteiger partial charge >= 0.3 is 0 Å². The zero-order valence-electron chi connectivity index (χ0n) is 13.1. The van der Waals surface area contributed by atoms with E-state index in [0.29, 0.717) is 15.7 Å². The van der Waals surface area contributed by atoms with E-state index in [1.807, 2.05) is 5.38 Å². The topological polar surface area (TPSA) is 45.2 Å². The van der Waals surface area contributed by atoms with E-state index in [1.165, 1.54) is 24.2 Å². The summed E-state index contributed by atoms with van der Waals surface area (Å²) in [5, 5.41) is 6.14. The van der Waals surface area contributed by atoms with Gasteiger partial charge in [-0.3, -0.25) is 15.0 Å². The maximum Gasteiger partial charge on any atom is 0.257 e. The van der Waals surface area contributed by atoms with E-state index in [1.54, 1.807) is 24.3 Å². The van der Waals surface area contributed by atoms with Crippen LogP contribution in [0.1, 0.15) is 35.8 Å². The molecule has 1 amide bonds. The van der Waals surface area contributed by atoms with Crippen molar-refractivity contribution in [1.82, 2.24) is 9.88 Å². The zero-order chi connectivity index (χ0) is 16.2. The van der Waals surface area contributed by atoms with Gasteiger partial charge in [0, 0.05) is 29.1 Å². The Hall–Kier alpha value is -1.43. The number of hydrogen-bond acceptors (Lipinski definition) is 4. The first-order valence-corrected chi connectivity index (χ1v) is 9.09. The van der Waals surface area contributed by atoms with Crippen LogP contribution in [-0.4, -0.2) is 28.9 Å². The smallest absolute Gasteiger partial charge is 0.257 e. The third kappa shape index (κ3) is 4.53. The number of halogens is 1. The summed E-state index contributed by atoms with van der Waals surface area (Å²) in [6.45, 7) is 5.42. The Morgan fingerprint density at radius 3 is 2.96 bits per heavy atom. The molecule has 0 aliphatic carbocycles. The average Bonchev–Trinajstić information content (AvgIpc) is 2.95. The molecule has 4 nitrogen and oxygen atoms in total. The first kappa shape index (κ1) is 16.4. The molecule has 1 N–H and O–H groups in total. The number of nitrogens with zero attached hydrogens (tertiary/aromatic N) is 2. The maximum absolute atomic E-state index is 12.2. The highest BCUT2D eigenvalue weighted by atomic mass is 35.5. The molecule has 1 atom stereocenters. The molecule has 0 bridgehead atoms. The number of carbonyl (C=O) groups excluding carboxylic acids is 1. The third-order valence-corrected chi connectivity index (χ3v) is 5.06. The number of benzene rings is 1. The Bertz CT molecular complexity index is 671. The lowest BCUT2D eigenvalue weighted by Gasteiger charge is -2.30. The number of piperidine rings is 1. The van der Waals surface area contributed by atoms with Crippen molar-refractivity contribution >= 4 is 34.0 Å². The summed E-state index contributed by atoms with van der Waals surface area (Å²) in [6, 6.07) is 6.84. The Morgan fingerprint density at radius 2 is 2.22 bits per heavy atom. The number of anilines is 1. The number of carbonyl (C=O) groups is 1. The van der Waals surface area contributed by atoms with Gasteiger partial charge in [0.2, 0.25) is 0 Å². The van der Waals surface area contributed by atoms with Gasteiger partial charge in [0.25, 0.3) is 5.91 Å². The number of aromatic nitrogens is 1. The van der Waals surface area contributed by atoms with Gasteiger partial charge in [-0.25, -0.2) is 4.98 Å². The standard InChI is InChI=1S/C17H20ClN3OS/c1-12-3-2-8-21(9-12)10-15-11-23-17(19-15)20-16(22)13-4-6-14(18)7-5-13/h4-7,11-12H,2-3,8-10H2,1H3,(H,19,20,22)/t12-/m1/s1. The van der Waals surface area contributed by atoms with E-state index >= 15 is 0 Å². The summed E-state index contributed by atoms with van der Waals surface area (Å²) in [5.74, 6) is 0.598. The summed E-state index contributed by atoms with van der Waals surface area (Å²) >= 11 is 7.31. The molecule has 2 aromatic rings. The van der Waals surface area contributed by atoms with Crippen LogP contribution in [0.2, 0.25) is 5.02 Å². The van der Waals surface area contributed by atoms with Crippen molar-refractivity contribution in [2.24, 2.45) is 5.92 Å². The highest BCUT2D eigenvalue weighted by molar-refractivity contribution is 7.13. The minimum atomic E-state index is -0.158. The highest BCUT2D eigenvalue weighted by Gasteiger charge is 2.17. The number of likely N-dealkylation sites (tertiary alicyclic amines) is 1. The van der Waals surface area contributed by atoms with Crippen LogP contribution in [0.25, 0.3) is 0 Å². The largest absolute Gasteiger partial charge is 0.298 e. The molecule has 0 spiro atoms. The highest BCUT2D eigenvalue weighted by Crippen LogP contribution is 2.21. The molecule has 1 aromatic carbocycles. The fraction of sp³-hybridized carbons (Fsp3) is 0.412. The molecule has 0 radical (unpaired) electrons. The number of hydrogen-bond donors (Lipinski definition) is 1. The van der Waals surface area contributed by atoms with Crippen molar-refractivity contribution in [3.63, 3.8) is 0 Å². The SMILES string of the molecule is C[C@@H]1CCCN(Cc2csc(NC(=O)c3ccc(Cl)cc3)n2)C1. The molecule has 6 heteroatoms. The monoisotopic (exact) mass is 349 g/mol. The lowest BCUT2D eigenvalue weighted by Crippen LogP contribution is -2.33. The lowest BCUT2D eigenvalue weighted by atomic mass is 10.0. The first-order valence-electron chi connectivity index (χ1n) is 7.84. The normalized spacial score (nSPS) is 18.8. The first-order chi connectivity index (χ1) is 11.1. The van der Waals surface area contributed by atoms with Crippen LogP contribution in [-0.2, 0) is 6.54 Å². The zero-order valence-corrected chi connectivity index (χ0v) is 14.7.